The van der Waals surface area contributed by atoms with Gasteiger partial charge in [0.25, 0.3) is 5.91 Å². The average molecular weight is 464 g/mol. The molecule has 0 saturated carbocycles. The van der Waals surface area contributed by atoms with Crippen LogP contribution >= 0.6 is 0 Å². The van der Waals surface area contributed by atoms with Crippen LogP contribution in [0.2, 0.25) is 0 Å². The van der Waals surface area contributed by atoms with Gasteiger partial charge in [-0.3, -0.25) is 19.2 Å². The van der Waals surface area contributed by atoms with Crippen LogP contribution in [-0.2, 0) is 33.4 Å². The highest BCUT2D eigenvalue weighted by Gasteiger charge is 2.41. The van der Waals surface area contributed by atoms with E-state index in [-0.39, 0.29) is 17.9 Å². The molecule has 4 atom stereocenters. The predicted octanol–water partition coefficient (Wildman–Crippen LogP) is 1.19. The Morgan fingerprint density at radius 2 is 1.94 bits per heavy atom. The van der Waals surface area contributed by atoms with Crippen molar-refractivity contribution in [2.45, 2.75) is 59.3 Å². The van der Waals surface area contributed by atoms with Crippen molar-refractivity contribution >= 4 is 29.8 Å². The van der Waals surface area contributed by atoms with Gasteiger partial charge in [-0.15, -0.1) is 0 Å². The van der Waals surface area contributed by atoms with Gasteiger partial charge in [-0.25, -0.2) is 9.78 Å². The molecule has 33 heavy (non-hydrogen) atoms. The molecule has 0 bridgehead atoms. The Balaban J connectivity index is 2.25. The third-order valence-electron chi connectivity index (χ3n) is 4.85. The molecule has 1 aliphatic heterocycles. The largest absolute Gasteiger partial charge is 0.463 e. The van der Waals surface area contributed by atoms with Crippen LogP contribution in [0.15, 0.2) is 18.3 Å². The second-order valence-electron chi connectivity index (χ2n) is 7.81. The van der Waals surface area contributed by atoms with E-state index < -0.39 is 66.5 Å². The van der Waals surface area contributed by atoms with Crippen molar-refractivity contribution in [2.24, 2.45) is 11.8 Å². The first-order chi connectivity index (χ1) is 15.5. The van der Waals surface area contributed by atoms with Gasteiger partial charge in [0, 0.05) is 13.1 Å². The van der Waals surface area contributed by atoms with Gasteiger partial charge in [0.1, 0.15) is 12.7 Å². The van der Waals surface area contributed by atoms with Crippen LogP contribution in [0.25, 0.3) is 0 Å². The molecule has 0 spiro atoms. The number of carbonyl (C=O) groups excluding carboxylic acids is 5. The highest BCUT2D eigenvalue weighted by atomic mass is 16.6. The normalized spacial score (nSPS) is 23.3. The van der Waals surface area contributed by atoms with Gasteiger partial charge in [0.2, 0.25) is 0 Å². The Morgan fingerprint density at radius 3 is 2.55 bits per heavy atom. The van der Waals surface area contributed by atoms with E-state index in [1.165, 1.54) is 25.3 Å². The number of ether oxygens (including phenoxy) is 4. The number of nitrogens with zero attached hydrogens (tertiary/aromatic N) is 1. The molecule has 1 aromatic rings. The monoisotopic (exact) mass is 464 g/mol. The fourth-order valence-corrected chi connectivity index (χ4v) is 3.11. The SMILES string of the molecule is CCC1C(=O)OCC(NC(=O)c2ncccc2OC(C)=O)C(=O)OC(C)C1OC(=O)C(C)C. The molecule has 0 aliphatic carbocycles. The number of carbonyl (C=O) groups is 5. The van der Waals surface area contributed by atoms with Gasteiger partial charge in [-0.05, 0) is 25.5 Å². The van der Waals surface area contributed by atoms with E-state index in [1.807, 2.05) is 0 Å². The van der Waals surface area contributed by atoms with Crippen molar-refractivity contribution < 1.29 is 42.9 Å². The molecule has 0 radical (unpaired) electrons. The lowest BCUT2D eigenvalue weighted by Crippen LogP contribution is -2.46. The van der Waals surface area contributed by atoms with Crippen molar-refractivity contribution in [3.63, 3.8) is 0 Å². The zero-order chi connectivity index (χ0) is 24.7. The lowest BCUT2D eigenvalue weighted by atomic mass is 9.95. The summed E-state index contributed by atoms with van der Waals surface area (Å²) < 4.78 is 21.1. The molecule has 11 nitrogen and oxygen atoms in total. The van der Waals surface area contributed by atoms with E-state index in [0.717, 1.165) is 6.92 Å². The van der Waals surface area contributed by atoms with Crippen LogP contribution in [-0.4, -0.2) is 59.6 Å². The van der Waals surface area contributed by atoms with Gasteiger partial charge in [0.15, 0.2) is 23.6 Å². The van der Waals surface area contributed by atoms with Crippen LogP contribution in [0, 0.1) is 11.8 Å². The summed E-state index contributed by atoms with van der Waals surface area (Å²) in [6.45, 7) is 7.14. The van der Waals surface area contributed by atoms with Crippen molar-refractivity contribution in [1.82, 2.24) is 10.3 Å². The lowest BCUT2D eigenvalue weighted by Gasteiger charge is -2.29. The molecule has 2 heterocycles. The summed E-state index contributed by atoms with van der Waals surface area (Å²) in [5.74, 6) is -5.05. The minimum atomic E-state index is -1.37. The Labute approximate surface area is 191 Å². The van der Waals surface area contributed by atoms with Crippen LogP contribution in [0.1, 0.15) is 51.5 Å². The lowest BCUT2D eigenvalue weighted by molar-refractivity contribution is -0.176. The summed E-state index contributed by atoms with van der Waals surface area (Å²) >= 11 is 0. The Kier molecular flexibility index (Phi) is 8.89. The molecule has 1 aliphatic rings. The molecule has 1 aromatic heterocycles. The predicted molar refractivity (Wildman–Crippen MR) is 112 cm³/mol. The topological polar surface area (TPSA) is 147 Å². The number of aromatic nitrogens is 1. The number of hydrogen-bond donors (Lipinski definition) is 1. The van der Waals surface area contributed by atoms with Crippen LogP contribution in [0.4, 0.5) is 0 Å². The standard InChI is InChI=1S/C22H28N2O9/c1-6-14-18(33-20(27)11(2)3)12(4)31-22(29)15(10-30-21(14)28)24-19(26)17-16(32-13(5)25)8-7-9-23-17/h7-9,11-12,14-15,18H,6,10H2,1-5H3,(H,24,26). The Bertz CT molecular complexity index is 915. The Hall–Kier alpha value is -3.50. The van der Waals surface area contributed by atoms with E-state index in [9.17, 15) is 24.0 Å². The summed E-state index contributed by atoms with van der Waals surface area (Å²) in [7, 11) is 0. The van der Waals surface area contributed by atoms with Crippen molar-refractivity contribution in [2.75, 3.05) is 6.61 Å². The number of cyclic esters (lactones) is 2. The molecular weight excluding hydrogens is 436 g/mol. The van der Waals surface area contributed by atoms with Gasteiger partial charge in [-0.2, -0.15) is 0 Å². The number of hydrogen-bond acceptors (Lipinski definition) is 10. The second kappa shape index (κ2) is 11.4. The molecule has 4 unspecified atom stereocenters. The maximum Gasteiger partial charge on any atom is 0.332 e. The summed E-state index contributed by atoms with van der Waals surface area (Å²) in [6.07, 6.45) is -0.456. The number of amides is 1. The fraction of sp³-hybridized carbons (Fsp3) is 0.545. The van der Waals surface area contributed by atoms with Gasteiger partial charge in [0.05, 0.1) is 11.8 Å². The van der Waals surface area contributed by atoms with Crippen LogP contribution in [0.5, 0.6) is 5.75 Å². The Morgan fingerprint density at radius 1 is 1.24 bits per heavy atom. The quantitative estimate of drug-likeness (QED) is 0.481. The van der Waals surface area contributed by atoms with Gasteiger partial charge in [-0.1, -0.05) is 20.8 Å². The number of pyridine rings is 1. The maximum absolute atomic E-state index is 12.8. The van der Waals surface area contributed by atoms with E-state index in [0.29, 0.717) is 0 Å². The highest BCUT2D eigenvalue weighted by Crippen LogP contribution is 2.23. The van der Waals surface area contributed by atoms with E-state index >= 15 is 0 Å². The first-order valence-electron chi connectivity index (χ1n) is 10.6. The van der Waals surface area contributed by atoms with E-state index in [1.54, 1.807) is 20.8 Å². The maximum atomic E-state index is 12.8. The number of rotatable bonds is 6. The van der Waals surface area contributed by atoms with Gasteiger partial charge < -0.3 is 24.3 Å². The second-order valence-corrected chi connectivity index (χ2v) is 7.81. The first kappa shape index (κ1) is 25.8. The summed E-state index contributed by atoms with van der Waals surface area (Å²) in [5.41, 5.74) is -0.241. The molecular formula is C22H28N2O9. The van der Waals surface area contributed by atoms with Crippen LogP contribution in [0.3, 0.4) is 0 Å². The molecule has 1 amide bonds. The van der Waals surface area contributed by atoms with E-state index in [4.69, 9.17) is 18.9 Å². The van der Waals surface area contributed by atoms with Crippen molar-refractivity contribution in [3.8, 4) is 5.75 Å². The molecule has 2 rings (SSSR count). The molecule has 180 valence electrons. The number of nitrogens with one attached hydrogen (secondary N) is 1. The van der Waals surface area contributed by atoms with Crippen molar-refractivity contribution in [3.05, 3.63) is 24.0 Å². The molecule has 1 saturated heterocycles. The minimum Gasteiger partial charge on any atom is -0.463 e. The van der Waals surface area contributed by atoms with Gasteiger partial charge >= 0.3 is 23.9 Å². The fourth-order valence-electron chi connectivity index (χ4n) is 3.11. The number of esters is 4. The first-order valence-corrected chi connectivity index (χ1v) is 10.6. The zero-order valence-electron chi connectivity index (χ0n) is 19.2. The molecule has 1 fully saturated rings. The minimum absolute atomic E-state index is 0.101. The third kappa shape index (κ3) is 6.74. The third-order valence-corrected chi connectivity index (χ3v) is 4.85. The summed E-state index contributed by atoms with van der Waals surface area (Å²) in [4.78, 5) is 65.5. The van der Waals surface area contributed by atoms with Crippen LogP contribution < -0.4 is 10.1 Å². The van der Waals surface area contributed by atoms with Crippen molar-refractivity contribution in [1.29, 1.82) is 0 Å². The van der Waals surface area contributed by atoms with E-state index in [2.05, 4.69) is 10.3 Å². The zero-order valence-corrected chi connectivity index (χ0v) is 19.2. The molecule has 0 aromatic carbocycles. The average Bonchev–Trinajstić information content (AvgIpc) is 2.78. The smallest absolute Gasteiger partial charge is 0.332 e. The summed E-state index contributed by atoms with van der Waals surface area (Å²) in [5, 5.41) is 2.39. The highest BCUT2D eigenvalue weighted by molar-refractivity contribution is 5.98. The molecule has 1 N–H and O–H groups in total. The molecule has 11 heteroatoms. The summed E-state index contributed by atoms with van der Waals surface area (Å²) in [6, 6.07) is 1.47.